The summed E-state index contributed by atoms with van der Waals surface area (Å²) >= 11 is 3.36. The van der Waals surface area contributed by atoms with Crippen LogP contribution in [0.1, 0.15) is 29.0 Å². The Kier molecular flexibility index (Phi) is 4.55. The van der Waals surface area contributed by atoms with Crippen LogP contribution in [0.2, 0.25) is 0 Å². The van der Waals surface area contributed by atoms with E-state index in [0.717, 1.165) is 21.2 Å². The van der Waals surface area contributed by atoms with Gasteiger partial charge in [0.05, 0.1) is 6.42 Å². The van der Waals surface area contributed by atoms with Gasteiger partial charge < -0.3 is 5.11 Å². The first-order valence-electron chi connectivity index (χ1n) is 6.20. The average molecular weight is 337 g/mol. The molecule has 0 aliphatic carbocycles. The largest absolute Gasteiger partial charge is 0.481 e. The molecule has 1 N–H and O–H groups in total. The first kappa shape index (κ1) is 14.7. The molecule has 0 amide bonds. The molecular weight excluding hydrogens is 323 g/mol. The molecule has 20 heavy (non-hydrogen) atoms. The third-order valence-corrected chi connectivity index (χ3v) is 3.79. The molecule has 0 saturated heterocycles. The fourth-order valence-electron chi connectivity index (χ4n) is 2.31. The minimum absolute atomic E-state index is 0.0197. The lowest BCUT2D eigenvalue weighted by molar-refractivity contribution is -0.137. The van der Waals surface area contributed by atoms with Crippen molar-refractivity contribution < 1.29 is 14.3 Å². The maximum absolute atomic E-state index is 13.2. The highest BCUT2D eigenvalue weighted by molar-refractivity contribution is 9.10. The molecule has 0 aliphatic heterocycles. The Bertz CT molecular complexity index is 623. The molecule has 4 heteroatoms. The van der Waals surface area contributed by atoms with Crippen molar-refractivity contribution in [3.63, 3.8) is 0 Å². The molecule has 2 nitrogen and oxygen atoms in total. The van der Waals surface area contributed by atoms with Gasteiger partial charge in [-0.2, -0.15) is 0 Å². The summed E-state index contributed by atoms with van der Waals surface area (Å²) in [5.74, 6) is -1.46. The predicted octanol–water partition coefficient (Wildman–Crippen LogP) is 4.50. The van der Waals surface area contributed by atoms with Gasteiger partial charge in [0.2, 0.25) is 0 Å². The second kappa shape index (κ2) is 6.18. The number of rotatable bonds is 4. The fourth-order valence-corrected chi connectivity index (χ4v) is 2.57. The Morgan fingerprint density at radius 1 is 1.25 bits per heavy atom. The van der Waals surface area contributed by atoms with Crippen LogP contribution in [0, 0.1) is 12.7 Å². The number of carboxylic acids is 1. The van der Waals surface area contributed by atoms with Gasteiger partial charge in [-0.15, -0.1) is 0 Å². The highest BCUT2D eigenvalue weighted by Crippen LogP contribution is 2.31. The molecule has 0 heterocycles. The van der Waals surface area contributed by atoms with Crippen LogP contribution >= 0.6 is 15.9 Å². The molecule has 1 unspecified atom stereocenters. The van der Waals surface area contributed by atoms with Crippen molar-refractivity contribution in [2.45, 2.75) is 19.3 Å². The SMILES string of the molecule is Cc1cc(F)ccc1C(CC(=O)O)c1ccc(Br)cc1. The minimum Gasteiger partial charge on any atom is -0.481 e. The topological polar surface area (TPSA) is 37.3 Å². The number of carbonyl (C=O) groups is 1. The van der Waals surface area contributed by atoms with Crippen molar-refractivity contribution in [2.24, 2.45) is 0 Å². The maximum Gasteiger partial charge on any atom is 0.304 e. The monoisotopic (exact) mass is 336 g/mol. The van der Waals surface area contributed by atoms with Crippen LogP contribution in [0.5, 0.6) is 0 Å². The van der Waals surface area contributed by atoms with Crippen LogP contribution in [0.15, 0.2) is 46.9 Å². The first-order chi connectivity index (χ1) is 9.47. The first-order valence-corrected chi connectivity index (χ1v) is 7.00. The van der Waals surface area contributed by atoms with E-state index >= 15 is 0 Å². The van der Waals surface area contributed by atoms with Gasteiger partial charge in [-0.25, -0.2) is 4.39 Å². The van der Waals surface area contributed by atoms with Crippen LogP contribution in [-0.2, 0) is 4.79 Å². The van der Waals surface area contributed by atoms with Gasteiger partial charge in [-0.3, -0.25) is 4.79 Å². The molecule has 0 saturated carbocycles. The van der Waals surface area contributed by atoms with E-state index in [1.165, 1.54) is 12.1 Å². The highest BCUT2D eigenvalue weighted by Gasteiger charge is 2.19. The number of carboxylic acid groups (broad SMARTS) is 1. The molecule has 0 fully saturated rings. The van der Waals surface area contributed by atoms with Gasteiger partial charge in [0.1, 0.15) is 5.82 Å². The number of hydrogen-bond acceptors (Lipinski definition) is 1. The van der Waals surface area contributed by atoms with Gasteiger partial charge in [0, 0.05) is 10.4 Å². The van der Waals surface area contributed by atoms with E-state index in [4.69, 9.17) is 5.11 Å². The van der Waals surface area contributed by atoms with Gasteiger partial charge >= 0.3 is 5.97 Å². The molecule has 1 atom stereocenters. The maximum atomic E-state index is 13.2. The van der Waals surface area contributed by atoms with Crippen LogP contribution < -0.4 is 0 Å². The number of halogens is 2. The standard InChI is InChI=1S/C16H14BrFO2/c1-10-8-13(18)6-7-14(10)15(9-16(19)20)11-2-4-12(17)5-3-11/h2-8,15H,9H2,1H3,(H,19,20). The number of hydrogen-bond donors (Lipinski definition) is 1. The Morgan fingerprint density at radius 2 is 1.90 bits per heavy atom. The summed E-state index contributed by atoms with van der Waals surface area (Å²) in [5, 5.41) is 9.12. The van der Waals surface area contributed by atoms with E-state index in [1.54, 1.807) is 13.0 Å². The van der Waals surface area contributed by atoms with Crippen molar-refractivity contribution in [3.8, 4) is 0 Å². The summed E-state index contributed by atoms with van der Waals surface area (Å²) in [4.78, 5) is 11.1. The van der Waals surface area contributed by atoms with Crippen molar-refractivity contribution in [1.82, 2.24) is 0 Å². The molecule has 0 spiro atoms. The third-order valence-electron chi connectivity index (χ3n) is 3.26. The van der Waals surface area contributed by atoms with Crippen molar-refractivity contribution in [3.05, 3.63) is 69.4 Å². The molecular formula is C16H14BrFO2. The Labute approximate surface area is 125 Å². The van der Waals surface area contributed by atoms with E-state index in [2.05, 4.69) is 15.9 Å². The van der Waals surface area contributed by atoms with Crippen molar-refractivity contribution >= 4 is 21.9 Å². The van der Waals surface area contributed by atoms with E-state index in [0.29, 0.717) is 0 Å². The summed E-state index contributed by atoms with van der Waals surface area (Å²) in [7, 11) is 0. The summed E-state index contributed by atoms with van der Waals surface area (Å²) < 4.78 is 14.1. The molecule has 104 valence electrons. The molecule has 0 aliphatic rings. The van der Waals surface area contributed by atoms with Crippen LogP contribution in [0.3, 0.4) is 0 Å². The molecule has 0 bridgehead atoms. The minimum atomic E-state index is -0.873. The third kappa shape index (κ3) is 3.45. The number of aliphatic carboxylic acids is 1. The van der Waals surface area contributed by atoms with Crippen LogP contribution in [0.4, 0.5) is 4.39 Å². The summed E-state index contributed by atoms with van der Waals surface area (Å²) in [6.45, 7) is 1.80. The van der Waals surface area contributed by atoms with Crippen molar-refractivity contribution in [2.75, 3.05) is 0 Å². The smallest absolute Gasteiger partial charge is 0.304 e. The van der Waals surface area contributed by atoms with Gasteiger partial charge in [-0.1, -0.05) is 34.1 Å². The Balaban J connectivity index is 2.46. The Morgan fingerprint density at radius 3 is 2.45 bits per heavy atom. The quantitative estimate of drug-likeness (QED) is 0.892. The lowest BCUT2D eigenvalue weighted by atomic mass is 9.86. The lowest BCUT2D eigenvalue weighted by Gasteiger charge is -2.18. The summed E-state index contributed by atoms with van der Waals surface area (Å²) in [6.07, 6.45) is -0.0197. The van der Waals surface area contributed by atoms with E-state index in [9.17, 15) is 9.18 Å². The molecule has 2 rings (SSSR count). The normalized spacial score (nSPS) is 12.2. The summed E-state index contributed by atoms with van der Waals surface area (Å²) in [5.41, 5.74) is 2.51. The average Bonchev–Trinajstić information content (AvgIpc) is 2.37. The Hall–Kier alpha value is -1.68. The van der Waals surface area contributed by atoms with E-state index in [-0.39, 0.29) is 18.2 Å². The van der Waals surface area contributed by atoms with E-state index in [1.807, 2.05) is 24.3 Å². The zero-order valence-corrected chi connectivity index (χ0v) is 12.5. The molecule has 0 aromatic heterocycles. The molecule has 2 aromatic rings. The van der Waals surface area contributed by atoms with Gasteiger partial charge in [0.15, 0.2) is 0 Å². The molecule has 2 aromatic carbocycles. The number of benzene rings is 2. The van der Waals surface area contributed by atoms with Gasteiger partial charge in [0.25, 0.3) is 0 Å². The van der Waals surface area contributed by atoms with Crippen LogP contribution in [-0.4, -0.2) is 11.1 Å². The zero-order chi connectivity index (χ0) is 14.7. The van der Waals surface area contributed by atoms with Crippen molar-refractivity contribution in [1.29, 1.82) is 0 Å². The number of aryl methyl sites for hydroxylation is 1. The molecule has 0 radical (unpaired) electrons. The van der Waals surface area contributed by atoms with Gasteiger partial charge in [-0.05, 0) is 47.9 Å². The zero-order valence-electron chi connectivity index (χ0n) is 10.9. The lowest BCUT2D eigenvalue weighted by Crippen LogP contribution is -2.09. The van der Waals surface area contributed by atoms with Crippen LogP contribution in [0.25, 0.3) is 0 Å². The van der Waals surface area contributed by atoms with E-state index < -0.39 is 5.97 Å². The predicted molar refractivity (Wildman–Crippen MR) is 79.4 cm³/mol. The highest BCUT2D eigenvalue weighted by atomic mass is 79.9. The summed E-state index contributed by atoms with van der Waals surface area (Å²) in [6, 6.07) is 12.0. The second-order valence-corrected chi connectivity index (χ2v) is 5.62. The fraction of sp³-hybridized carbons (Fsp3) is 0.188. The second-order valence-electron chi connectivity index (χ2n) is 4.70.